The molecular weight excluding hydrogens is 228 g/mol. The maximum Gasteiger partial charge on any atom is 0.328 e. The van der Waals surface area contributed by atoms with E-state index in [4.69, 9.17) is 0 Å². The van der Waals surface area contributed by atoms with Crippen molar-refractivity contribution in [2.75, 3.05) is 11.9 Å². The molecule has 1 unspecified atom stereocenters. The first-order valence-corrected chi connectivity index (χ1v) is 6.18. The fourth-order valence-corrected chi connectivity index (χ4v) is 2.18. The second-order valence-electron chi connectivity index (χ2n) is 4.84. The van der Waals surface area contributed by atoms with E-state index in [0.29, 0.717) is 12.2 Å². The van der Waals surface area contributed by atoms with Gasteiger partial charge in [-0.2, -0.15) is 0 Å². The average molecular weight is 245 g/mol. The van der Waals surface area contributed by atoms with Gasteiger partial charge in [0.05, 0.1) is 5.69 Å². The lowest BCUT2D eigenvalue weighted by Gasteiger charge is -2.17. The van der Waals surface area contributed by atoms with Crippen LogP contribution >= 0.6 is 0 Å². The molecule has 4 heteroatoms. The number of carbonyl (C=O) groups is 2. The third-order valence-corrected chi connectivity index (χ3v) is 3.25. The van der Waals surface area contributed by atoms with Crippen molar-refractivity contribution in [3.63, 3.8) is 0 Å². The minimum absolute atomic E-state index is 0.0319. The number of urea groups is 1. The zero-order chi connectivity index (χ0) is 13.1. The molecule has 0 aliphatic carbocycles. The van der Waals surface area contributed by atoms with Gasteiger partial charge in [-0.15, -0.1) is 0 Å². The lowest BCUT2D eigenvalue weighted by Crippen LogP contribution is -2.37. The maximum atomic E-state index is 12.0. The summed E-state index contributed by atoms with van der Waals surface area (Å²) in [4.78, 5) is 25.3. The molecule has 0 aromatic heterocycles. The lowest BCUT2D eigenvalue weighted by atomic mass is 9.95. The number of benzene rings is 1. The molecule has 4 nitrogen and oxygen atoms in total. The quantitative estimate of drug-likeness (QED) is 0.870. The smallest absolute Gasteiger partial charge is 0.307 e. The Balaban J connectivity index is 2.01. The van der Waals surface area contributed by atoms with Crippen LogP contribution in [-0.2, 0) is 4.79 Å². The summed E-state index contributed by atoms with van der Waals surface area (Å²) in [7, 11) is 0. The highest BCUT2D eigenvalue weighted by Crippen LogP contribution is 2.25. The third-order valence-electron chi connectivity index (χ3n) is 3.25. The number of likely N-dealkylation sites (tertiary alicyclic amines) is 1. The van der Waals surface area contributed by atoms with Crippen molar-refractivity contribution < 1.29 is 9.59 Å². The molecule has 95 valence electrons. The van der Waals surface area contributed by atoms with E-state index in [1.165, 1.54) is 4.90 Å². The van der Waals surface area contributed by atoms with Gasteiger partial charge >= 0.3 is 6.03 Å². The summed E-state index contributed by atoms with van der Waals surface area (Å²) >= 11 is 0. The van der Waals surface area contributed by atoms with E-state index in [1.807, 2.05) is 26.0 Å². The molecule has 0 spiro atoms. The summed E-state index contributed by atoms with van der Waals surface area (Å²) in [6.07, 6.45) is 0.752. The SMILES string of the molecule is CC(C)C1CCN(C(=O)Nc2[c]cccc2)C1=O. The molecule has 0 bridgehead atoms. The van der Waals surface area contributed by atoms with Crippen LogP contribution in [0.25, 0.3) is 0 Å². The standard InChI is InChI=1S/C14H17N2O2/c1-10(2)12-8-9-16(13(12)17)14(18)15-11-6-4-3-5-7-11/h3-6,10,12H,8-9H2,1-2H3,(H,15,18). The Morgan fingerprint density at radius 1 is 1.50 bits per heavy atom. The molecular formula is C14H17N2O2. The summed E-state index contributed by atoms with van der Waals surface area (Å²) in [5.41, 5.74) is 0.586. The number of hydrogen-bond donors (Lipinski definition) is 1. The molecule has 1 aromatic carbocycles. The Kier molecular flexibility index (Phi) is 3.65. The van der Waals surface area contributed by atoms with Crippen LogP contribution < -0.4 is 5.32 Å². The Morgan fingerprint density at radius 2 is 2.28 bits per heavy atom. The highest BCUT2D eigenvalue weighted by Gasteiger charge is 2.37. The first-order chi connectivity index (χ1) is 8.59. The molecule has 18 heavy (non-hydrogen) atoms. The summed E-state index contributed by atoms with van der Waals surface area (Å²) in [6, 6.07) is 9.65. The maximum absolute atomic E-state index is 12.0. The predicted octanol–water partition coefficient (Wildman–Crippen LogP) is 2.52. The highest BCUT2D eigenvalue weighted by molar-refractivity contribution is 6.03. The number of amides is 3. The monoisotopic (exact) mass is 245 g/mol. The first-order valence-electron chi connectivity index (χ1n) is 6.18. The topological polar surface area (TPSA) is 49.4 Å². The van der Waals surface area contributed by atoms with E-state index in [2.05, 4.69) is 11.4 Å². The van der Waals surface area contributed by atoms with Crippen LogP contribution in [0.4, 0.5) is 10.5 Å². The zero-order valence-corrected chi connectivity index (χ0v) is 10.6. The van der Waals surface area contributed by atoms with Crippen LogP contribution in [-0.4, -0.2) is 23.4 Å². The summed E-state index contributed by atoms with van der Waals surface area (Å²) in [6.45, 7) is 4.52. The largest absolute Gasteiger partial charge is 0.328 e. The van der Waals surface area contributed by atoms with Crippen LogP contribution in [0.5, 0.6) is 0 Å². The van der Waals surface area contributed by atoms with Gasteiger partial charge in [-0.1, -0.05) is 32.0 Å². The average Bonchev–Trinajstić information content (AvgIpc) is 2.72. The van der Waals surface area contributed by atoms with Crippen molar-refractivity contribution in [1.82, 2.24) is 4.90 Å². The van der Waals surface area contributed by atoms with Crippen LogP contribution in [0.15, 0.2) is 24.3 Å². The molecule has 1 aromatic rings. The van der Waals surface area contributed by atoms with Gasteiger partial charge in [0, 0.05) is 18.5 Å². The molecule has 3 amide bonds. The van der Waals surface area contributed by atoms with Gasteiger partial charge < -0.3 is 5.32 Å². The molecule has 1 saturated heterocycles. The second-order valence-corrected chi connectivity index (χ2v) is 4.84. The fraction of sp³-hybridized carbons (Fsp3) is 0.429. The van der Waals surface area contributed by atoms with Crippen LogP contribution in [0.3, 0.4) is 0 Å². The van der Waals surface area contributed by atoms with Gasteiger partial charge in [-0.25, -0.2) is 4.79 Å². The molecule has 1 fully saturated rings. The van der Waals surface area contributed by atoms with Gasteiger partial charge in [-0.3, -0.25) is 9.69 Å². The minimum atomic E-state index is -0.356. The zero-order valence-electron chi connectivity index (χ0n) is 10.6. The van der Waals surface area contributed by atoms with E-state index in [9.17, 15) is 9.59 Å². The van der Waals surface area contributed by atoms with E-state index in [1.54, 1.807) is 12.1 Å². The molecule has 1 N–H and O–H groups in total. The number of para-hydroxylation sites is 1. The van der Waals surface area contributed by atoms with Gasteiger partial charge in [-0.05, 0) is 18.4 Å². The lowest BCUT2D eigenvalue weighted by molar-refractivity contribution is -0.129. The fourth-order valence-electron chi connectivity index (χ4n) is 2.18. The second kappa shape index (κ2) is 5.21. The van der Waals surface area contributed by atoms with Crippen LogP contribution in [0.2, 0.25) is 0 Å². The van der Waals surface area contributed by atoms with Crippen molar-refractivity contribution in [3.8, 4) is 0 Å². The molecule has 0 saturated carbocycles. The number of nitrogens with one attached hydrogen (secondary N) is 1. The van der Waals surface area contributed by atoms with Crippen molar-refractivity contribution >= 4 is 17.6 Å². The van der Waals surface area contributed by atoms with Gasteiger partial charge in [0.2, 0.25) is 5.91 Å². The van der Waals surface area contributed by atoms with Crippen LogP contribution in [0.1, 0.15) is 20.3 Å². The minimum Gasteiger partial charge on any atom is -0.307 e. The molecule has 1 aliphatic rings. The summed E-state index contributed by atoms with van der Waals surface area (Å²) in [5, 5.41) is 2.68. The Morgan fingerprint density at radius 3 is 2.83 bits per heavy atom. The molecule has 2 rings (SSSR count). The van der Waals surface area contributed by atoms with Crippen molar-refractivity contribution in [3.05, 3.63) is 30.3 Å². The molecule has 1 radical (unpaired) electrons. The highest BCUT2D eigenvalue weighted by atomic mass is 16.2. The van der Waals surface area contributed by atoms with E-state index in [0.717, 1.165) is 6.42 Å². The number of carbonyl (C=O) groups excluding carboxylic acids is 2. The van der Waals surface area contributed by atoms with Crippen molar-refractivity contribution in [1.29, 1.82) is 0 Å². The van der Waals surface area contributed by atoms with Gasteiger partial charge in [0.15, 0.2) is 0 Å². The van der Waals surface area contributed by atoms with Crippen LogP contribution in [0, 0.1) is 17.9 Å². The number of nitrogens with zero attached hydrogens (tertiary/aromatic N) is 1. The normalized spacial score (nSPS) is 19.4. The van der Waals surface area contributed by atoms with E-state index in [-0.39, 0.29) is 23.8 Å². The summed E-state index contributed by atoms with van der Waals surface area (Å²) in [5.74, 6) is 0.174. The van der Waals surface area contributed by atoms with E-state index < -0.39 is 0 Å². The first kappa shape index (κ1) is 12.6. The Labute approximate surface area is 107 Å². The van der Waals surface area contributed by atoms with Crippen molar-refractivity contribution in [2.45, 2.75) is 20.3 Å². The Bertz CT molecular complexity index is 442. The number of hydrogen-bond acceptors (Lipinski definition) is 2. The van der Waals surface area contributed by atoms with Crippen molar-refractivity contribution in [2.24, 2.45) is 11.8 Å². The van der Waals surface area contributed by atoms with Gasteiger partial charge in [0.1, 0.15) is 0 Å². The number of imide groups is 1. The molecule has 1 heterocycles. The Hall–Kier alpha value is -1.84. The summed E-state index contributed by atoms with van der Waals surface area (Å²) < 4.78 is 0. The van der Waals surface area contributed by atoms with Gasteiger partial charge in [0.25, 0.3) is 0 Å². The molecule has 1 aliphatic heterocycles. The van der Waals surface area contributed by atoms with E-state index >= 15 is 0 Å². The third kappa shape index (κ3) is 2.53. The number of anilines is 1. The predicted molar refractivity (Wildman–Crippen MR) is 69.0 cm³/mol. The molecule has 1 atom stereocenters. The number of rotatable bonds is 2.